The summed E-state index contributed by atoms with van der Waals surface area (Å²) in [7, 11) is 0. The molecule has 1 fully saturated rings. The van der Waals surface area contributed by atoms with Crippen molar-refractivity contribution < 1.29 is 13.6 Å². The Morgan fingerprint density at radius 1 is 1.32 bits per heavy atom. The Kier molecular flexibility index (Phi) is 4.10. The van der Waals surface area contributed by atoms with Gasteiger partial charge >= 0.3 is 6.03 Å². The second-order valence-electron chi connectivity index (χ2n) is 5.04. The molecule has 8 heteroatoms. The lowest BCUT2D eigenvalue weighted by Crippen LogP contribution is -2.51. The molecule has 0 saturated carbocycles. The Balaban J connectivity index is 1.74. The Morgan fingerprint density at radius 3 is 2.73 bits per heavy atom. The number of benzene rings is 1. The lowest BCUT2D eigenvalue weighted by molar-refractivity contribution is 0.195. The zero-order valence-corrected chi connectivity index (χ0v) is 12.9. The largest absolute Gasteiger partial charge is 0.345 e. The highest BCUT2D eigenvalue weighted by molar-refractivity contribution is 7.22. The molecule has 0 unspecified atom stereocenters. The van der Waals surface area contributed by atoms with Crippen molar-refractivity contribution in [2.45, 2.75) is 6.92 Å². The smallest absolute Gasteiger partial charge is 0.317 e. The molecule has 0 bridgehead atoms. The zero-order chi connectivity index (χ0) is 15.7. The van der Waals surface area contributed by atoms with Crippen molar-refractivity contribution >= 4 is 32.7 Å². The molecule has 3 rings (SSSR count). The van der Waals surface area contributed by atoms with Crippen molar-refractivity contribution in [2.75, 3.05) is 37.6 Å². The molecule has 2 aromatic rings. The van der Waals surface area contributed by atoms with Gasteiger partial charge in [0.25, 0.3) is 0 Å². The number of anilines is 1. The minimum atomic E-state index is -0.640. The van der Waals surface area contributed by atoms with Crippen LogP contribution in [0.15, 0.2) is 12.1 Å². The first-order chi connectivity index (χ1) is 10.6. The summed E-state index contributed by atoms with van der Waals surface area (Å²) in [4.78, 5) is 19.8. The van der Waals surface area contributed by atoms with Crippen molar-refractivity contribution in [2.24, 2.45) is 0 Å². The maximum Gasteiger partial charge on any atom is 0.317 e. The van der Waals surface area contributed by atoms with E-state index in [0.717, 1.165) is 6.07 Å². The van der Waals surface area contributed by atoms with Gasteiger partial charge in [0, 0.05) is 38.8 Å². The van der Waals surface area contributed by atoms with Crippen molar-refractivity contribution in [1.29, 1.82) is 0 Å². The van der Waals surface area contributed by atoms with Crippen LogP contribution in [0.5, 0.6) is 0 Å². The van der Waals surface area contributed by atoms with E-state index in [-0.39, 0.29) is 11.5 Å². The number of thiazole rings is 1. The van der Waals surface area contributed by atoms with Gasteiger partial charge < -0.3 is 15.1 Å². The monoisotopic (exact) mass is 326 g/mol. The second-order valence-corrected chi connectivity index (χ2v) is 6.05. The standard InChI is InChI=1S/C14H16F2N4OS/c1-2-17-13(21)19-3-5-20(6-4-19)14-18-12-10(16)7-9(15)8-11(12)22-14/h7-8H,2-6H2,1H3,(H,17,21). The Labute approximate surface area is 130 Å². The molecule has 1 aromatic heterocycles. The fraction of sp³-hybridized carbons (Fsp3) is 0.429. The zero-order valence-electron chi connectivity index (χ0n) is 12.1. The van der Waals surface area contributed by atoms with Crippen LogP contribution in [0.4, 0.5) is 18.7 Å². The van der Waals surface area contributed by atoms with Crippen LogP contribution in [0, 0.1) is 11.6 Å². The fourth-order valence-corrected chi connectivity index (χ4v) is 3.50. The third kappa shape index (κ3) is 2.83. The molecule has 0 spiro atoms. The van der Waals surface area contributed by atoms with Gasteiger partial charge in [-0.25, -0.2) is 18.6 Å². The van der Waals surface area contributed by atoms with Gasteiger partial charge in [0.15, 0.2) is 10.9 Å². The molecule has 0 aliphatic carbocycles. The maximum atomic E-state index is 13.7. The summed E-state index contributed by atoms with van der Waals surface area (Å²) in [6, 6.07) is 2.07. The first kappa shape index (κ1) is 15.0. The van der Waals surface area contributed by atoms with Crippen LogP contribution in [-0.4, -0.2) is 48.6 Å². The summed E-state index contributed by atoms with van der Waals surface area (Å²) >= 11 is 1.27. The van der Waals surface area contributed by atoms with Gasteiger partial charge in [0.05, 0.1) is 4.70 Å². The van der Waals surface area contributed by atoms with E-state index >= 15 is 0 Å². The van der Waals surface area contributed by atoms with E-state index in [9.17, 15) is 13.6 Å². The predicted molar refractivity (Wildman–Crippen MR) is 82.4 cm³/mol. The fourth-order valence-electron chi connectivity index (χ4n) is 2.44. The molecule has 0 radical (unpaired) electrons. The Morgan fingerprint density at radius 2 is 2.05 bits per heavy atom. The molecule has 0 atom stereocenters. The molecular formula is C14H16F2N4OS. The molecule has 1 aliphatic heterocycles. The quantitative estimate of drug-likeness (QED) is 0.922. The molecule has 5 nitrogen and oxygen atoms in total. The van der Waals surface area contributed by atoms with Gasteiger partial charge in [-0.2, -0.15) is 0 Å². The SMILES string of the molecule is CCNC(=O)N1CCN(c2nc3c(F)cc(F)cc3s2)CC1. The van der Waals surface area contributed by atoms with Crippen molar-refractivity contribution in [1.82, 2.24) is 15.2 Å². The molecule has 2 heterocycles. The van der Waals surface area contributed by atoms with Crippen LogP contribution in [0.1, 0.15) is 6.92 Å². The molecule has 22 heavy (non-hydrogen) atoms. The second kappa shape index (κ2) is 6.04. The van der Waals surface area contributed by atoms with E-state index in [2.05, 4.69) is 10.3 Å². The van der Waals surface area contributed by atoms with Crippen LogP contribution >= 0.6 is 11.3 Å². The summed E-state index contributed by atoms with van der Waals surface area (Å²) in [6.45, 7) is 4.89. The van der Waals surface area contributed by atoms with Crippen molar-refractivity contribution in [3.63, 3.8) is 0 Å². The minimum absolute atomic E-state index is 0.0698. The maximum absolute atomic E-state index is 13.7. The predicted octanol–water partition coefficient (Wildman–Crippen LogP) is 2.43. The van der Waals surface area contributed by atoms with Crippen molar-refractivity contribution in [3.05, 3.63) is 23.8 Å². The van der Waals surface area contributed by atoms with Crippen LogP contribution in [0.3, 0.4) is 0 Å². The lowest BCUT2D eigenvalue weighted by atomic mass is 10.3. The number of amides is 2. The van der Waals surface area contributed by atoms with Crippen LogP contribution in [0.2, 0.25) is 0 Å². The third-order valence-corrected chi connectivity index (χ3v) is 4.63. The molecule has 2 amide bonds. The van der Waals surface area contributed by atoms with E-state index in [1.165, 1.54) is 17.4 Å². The van der Waals surface area contributed by atoms with Gasteiger partial charge in [-0.1, -0.05) is 11.3 Å². The molecule has 1 aromatic carbocycles. The van der Waals surface area contributed by atoms with E-state index in [1.807, 2.05) is 11.8 Å². The average Bonchev–Trinajstić information content (AvgIpc) is 2.92. The molecule has 1 N–H and O–H groups in total. The highest BCUT2D eigenvalue weighted by Crippen LogP contribution is 2.31. The molecular weight excluding hydrogens is 310 g/mol. The average molecular weight is 326 g/mol. The molecule has 1 aliphatic rings. The summed E-state index contributed by atoms with van der Waals surface area (Å²) in [5, 5.41) is 3.43. The Hall–Kier alpha value is -1.96. The Bertz CT molecular complexity index is 697. The van der Waals surface area contributed by atoms with Gasteiger partial charge in [-0.3, -0.25) is 0 Å². The highest BCUT2D eigenvalue weighted by Gasteiger charge is 2.23. The van der Waals surface area contributed by atoms with Crippen molar-refractivity contribution in [3.8, 4) is 0 Å². The normalized spacial score (nSPS) is 15.4. The number of piperazine rings is 1. The number of nitrogens with zero attached hydrogens (tertiary/aromatic N) is 3. The third-order valence-electron chi connectivity index (χ3n) is 3.57. The number of urea groups is 1. The number of aromatic nitrogens is 1. The topological polar surface area (TPSA) is 48.5 Å². The number of carbonyl (C=O) groups is 1. The first-order valence-corrected chi connectivity index (χ1v) is 7.93. The number of halogens is 2. The van der Waals surface area contributed by atoms with E-state index < -0.39 is 11.6 Å². The summed E-state index contributed by atoms with van der Waals surface area (Å²) in [6.07, 6.45) is 0. The van der Waals surface area contributed by atoms with Gasteiger partial charge in [0.2, 0.25) is 0 Å². The number of rotatable bonds is 2. The number of hydrogen-bond acceptors (Lipinski definition) is 4. The van der Waals surface area contributed by atoms with Gasteiger partial charge in [0.1, 0.15) is 11.3 Å². The highest BCUT2D eigenvalue weighted by atomic mass is 32.1. The molecule has 118 valence electrons. The molecule has 1 saturated heterocycles. The minimum Gasteiger partial charge on any atom is -0.345 e. The van der Waals surface area contributed by atoms with Gasteiger partial charge in [-0.15, -0.1) is 0 Å². The van der Waals surface area contributed by atoms with E-state index in [0.29, 0.717) is 42.6 Å². The number of carbonyl (C=O) groups excluding carboxylic acids is 1. The number of nitrogens with one attached hydrogen (secondary N) is 1. The van der Waals surface area contributed by atoms with E-state index in [1.54, 1.807) is 4.90 Å². The van der Waals surface area contributed by atoms with Crippen LogP contribution < -0.4 is 10.2 Å². The summed E-state index contributed by atoms with van der Waals surface area (Å²) in [5.41, 5.74) is 0.201. The van der Waals surface area contributed by atoms with E-state index in [4.69, 9.17) is 0 Å². The van der Waals surface area contributed by atoms with Gasteiger partial charge in [-0.05, 0) is 13.0 Å². The number of fused-ring (bicyclic) bond motifs is 1. The lowest BCUT2D eigenvalue weighted by Gasteiger charge is -2.34. The van der Waals surface area contributed by atoms with Crippen LogP contribution in [0.25, 0.3) is 10.2 Å². The first-order valence-electron chi connectivity index (χ1n) is 7.12. The number of hydrogen-bond donors (Lipinski definition) is 1. The van der Waals surface area contributed by atoms with Crippen LogP contribution in [-0.2, 0) is 0 Å². The summed E-state index contributed by atoms with van der Waals surface area (Å²) < 4.78 is 27.4. The summed E-state index contributed by atoms with van der Waals surface area (Å²) in [5.74, 6) is -1.24.